The second-order valence-electron chi connectivity index (χ2n) is 21.6. The van der Waals surface area contributed by atoms with E-state index in [1.165, 1.54) is 96.3 Å². The molecular formula is C75H122O6. The fraction of sp³-hybridized carbons (Fsp3) is 0.640. The summed E-state index contributed by atoms with van der Waals surface area (Å²) < 4.78 is 16.9. The van der Waals surface area contributed by atoms with E-state index in [0.717, 1.165) is 154 Å². The second kappa shape index (κ2) is 67.8. The number of carbonyl (C=O) groups is 3. The average Bonchev–Trinajstić information content (AvgIpc) is 3.47. The molecule has 0 amide bonds. The monoisotopic (exact) mass is 1120 g/mol. The van der Waals surface area contributed by atoms with Gasteiger partial charge in [-0.25, -0.2) is 0 Å². The van der Waals surface area contributed by atoms with E-state index in [0.29, 0.717) is 19.3 Å². The summed E-state index contributed by atoms with van der Waals surface area (Å²) in [5, 5.41) is 0. The fourth-order valence-corrected chi connectivity index (χ4v) is 8.88. The van der Waals surface area contributed by atoms with E-state index in [1.54, 1.807) is 0 Å². The molecule has 0 aromatic rings. The van der Waals surface area contributed by atoms with Gasteiger partial charge in [0.05, 0.1) is 0 Å². The van der Waals surface area contributed by atoms with Crippen molar-refractivity contribution in [2.24, 2.45) is 0 Å². The molecular weight excluding hydrogens is 997 g/mol. The number of carbonyl (C=O) groups excluding carboxylic acids is 3. The summed E-state index contributed by atoms with van der Waals surface area (Å²) >= 11 is 0. The third-order valence-corrected chi connectivity index (χ3v) is 13.8. The van der Waals surface area contributed by atoms with Gasteiger partial charge in [0.25, 0.3) is 0 Å². The molecule has 0 radical (unpaired) electrons. The van der Waals surface area contributed by atoms with Crippen LogP contribution in [0.4, 0.5) is 0 Å². The quantitative estimate of drug-likeness (QED) is 0.0261. The lowest BCUT2D eigenvalue weighted by atomic mass is 10.1. The Labute approximate surface area is 499 Å². The fourth-order valence-electron chi connectivity index (χ4n) is 8.88. The molecule has 0 aromatic carbocycles. The van der Waals surface area contributed by atoms with Crippen molar-refractivity contribution in [1.29, 1.82) is 0 Å². The van der Waals surface area contributed by atoms with Gasteiger partial charge < -0.3 is 14.2 Å². The lowest BCUT2D eigenvalue weighted by Crippen LogP contribution is -2.30. The van der Waals surface area contributed by atoms with Gasteiger partial charge in [-0.1, -0.05) is 276 Å². The van der Waals surface area contributed by atoms with E-state index < -0.39 is 6.10 Å². The molecule has 0 aromatic heterocycles. The molecule has 0 aliphatic heterocycles. The van der Waals surface area contributed by atoms with Crippen LogP contribution in [0.3, 0.4) is 0 Å². The SMILES string of the molecule is CC/C=C\C/C=C\C/C=C\C/C=C\C/C=C\C/C=C\CCCCCCC(=O)OCC(COC(=O)CCCCCCCCC/C=C\C/C=C\C/C=C\CC)OC(=O)CCCCCCCCCC/C=C\C/C=C\C/C=C\CCCCCCC. The van der Waals surface area contributed by atoms with E-state index in [2.05, 4.69) is 167 Å². The van der Waals surface area contributed by atoms with Crippen LogP contribution in [0.1, 0.15) is 290 Å². The van der Waals surface area contributed by atoms with Gasteiger partial charge in [-0.2, -0.15) is 0 Å². The topological polar surface area (TPSA) is 78.9 Å². The van der Waals surface area contributed by atoms with Crippen molar-refractivity contribution in [2.45, 2.75) is 297 Å². The first kappa shape index (κ1) is 76.3. The predicted octanol–water partition coefficient (Wildman–Crippen LogP) is 23.1. The minimum Gasteiger partial charge on any atom is -0.462 e. The second-order valence-corrected chi connectivity index (χ2v) is 21.6. The van der Waals surface area contributed by atoms with Crippen LogP contribution in [0.5, 0.6) is 0 Å². The lowest BCUT2D eigenvalue weighted by molar-refractivity contribution is -0.167. The summed E-state index contributed by atoms with van der Waals surface area (Å²) in [6, 6.07) is 0. The van der Waals surface area contributed by atoms with Crippen molar-refractivity contribution < 1.29 is 28.6 Å². The number of unbranched alkanes of at least 4 members (excludes halogenated alkanes) is 24. The van der Waals surface area contributed by atoms with Crippen molar-refractivity contribution in [3.05, 3.63) is 146 Å². The Morgan fingerprint density at radius 3 is 0.753 bits per heavy atom. The van der Waals surface area contributed by atoms with Gasteiger partial charge in [0.15, 0.2) is 6.10 Å². The Hall–Kier alpha value is -4.71. The highest BCUT2D eigenvalue weighted by Gasteiger charge is 2.19. The van der Waals surface area contributed by atoms with Crippen LogP contribution in [0.25, 0.3) is 0 Å². The maximum absolute atomic E-state index is 13.0. The zero-order chi connectivity index (χ0) is 58.5. The summed E-state index contributed by atoms with van der Waals surface area (Å²) in [4.78, 5) is 38.4. The van der Waals surface area contributed by atoms with Crippen LogP contribution in [0.2, 0.25) is 0 Å². The summed E-state index contributed by atoms with van der Waals surface area (Å²) in [5.74, 6) is -0.939. The van der Waals surface area contributed by atoms with Gasteiger partial charge in [0.1, 0.15) is 13.2 Å². The van der Waals surface area contributed by atoms with Crippen LogP contribution in [-0.4, -0.2) is 37.2 Å². The summed E-state index contributed by atoms with van der Waals surface area (Å²) in [6.45, 7) is 6.38. The highest BCUT2D eigenvalue weighted by molar-refractivity contribution is 5.71. The van der Waals surface area contributed by atoms with Crippen LogP contribution in [-0.2, 0) is 28.6 Å². The number of esters is 3. The third kappa shape index (κ3) is 66.0. The zero-order valence-electron chi connectivity index (χ0n) is 52.5. The van der Waals surface area contributed by atoms with Gasteiger partial charge in [-0.3, -0.25) is 14.4 Å². The molecule has 6 nitrogen and oxygen atoms in total. The van der Waals surface area contributed by atoms with Crippen LogP contribution < -0.4 is 0 Å². The molecule has 0 saturated heterocycles. The Morgan fingerprint density at radius 1 is 0.259 bits per heavy atom. The smallest absolute Gasteiger partial charge is 0.306 e. The molecule has 0 heterocycles. The molecule has 0 saturated carbocycles. The molecule has 6 heteroatoms. The molecule has 1 atom stereocenters. The van der Waals surface area contributed by atoms with Crippen molar-refractivity contribution in [2.75, 3.05) is 13.2 Å². The van der Waals surface area contributed by atoms with Crippen molar-refractivity contribution in [3.8, 4) is 0 Å². The Morgan fingerprint density at radius 2 is 0.481 bits per heavy atom. The highest BCUT2D eigenvalue weighted by atomic mass is 16.6. The molecule has 0 fully saturated rings. The number of ether oxygens (including phenoxy) is 3. The van der Waals surface area contributed by atoms with Gasteiger partial charge in [-0.15, -0.1) is 0 Å². The van der Waals surface area contributed by atoms with Crippen molar-refractivity contribution >= 4 is 17.9 Å². The molecule has 0 aliphatic rings. The first-order valence-electron chi connectivity index (χ1n) is 33.3. The number of hydrogen-bond acceptors (Lipinski definition) is 6. The largest absolute Gasteiger partial charge is 0.462 e. The van der Waals surface area contributed by atoms with Gasteiger partial charge >= 0.3 is 17.9 Å². The van der Waals surface area contributed by atoms with Gasteiger partial charge in [-0.05, 0) is 141 Å². The number of hydrogen-bond donors (Lipinski definition) is 0. The summed E-state index contributed by atoms with van der Waals surface area (Å²) in [5.41, 5.74) is 0. The van der Waals surface area contributed by atoms with E-state index in [1.807, 2.05) is 0 Å². The molecule has 0 N–H and O–H groups in total. The van der Waals surface area contributed by atoms with E-state index >= 15 is 0 Å². The highest BCUT2D eigenvalue weighted by Crippen LogP contribution is 2.15. The average molecular weight is 1120 g/mol. The van der Waals surface area contributed by atoms with Crippen molar-refractivity contribution in [1.82, 2.24) is 0 Å². The molecule has 0 bridgehead atoms. The minimum atomic E-state index is -0.806. The number of rotatable bonds is 59. The van der Waals surface area contributed by atoms with E-state index in [9.17, 15) is 14.4 Å². The number of allylic oxidation sites excluding steroid dienone is 24. The normalized spacial score (nSPS) is 13.1. The maximum atomic E-state index is 13.0. The first-order chi connectivity index (χ1) is 40.0. The zero-order valence-corrected chi connectivity index (χ0v) is 52.5. The van der Waals surface area contributed by atoms with Crippen LogP contribution >= 0.6 is 0 Å². The van der Waals surface area contributed by atoms with E-state index in [4.69, 9.17) is 14.2 Å². The molecule has 0 aliphatic carbocycles. The Kier molecular flexibility index (Phi) is 63.9. The summed E-state index contributed by atoms with van der Waals surface area (Å²) in [6.07, 6.45) is 97.0. The molecule has 1 unspecified atom stereocenters. The van der Waals surface area contributed by atoms with E-state index in [-0.39, 0.29) is 31.1 Å². The molecule has 81 heavy (non-hydrogen) atoms. The minimum absolute atomic E-state index is 0.0997. The molecule has 0 spiro atoms. The van der Waals surface area contributed by atoms with Crippen LogP contribution in [0, 0.1) is 0 Å². The van der Waals surface area contributed by atoms with Gasteiger partial charge in [0, 0.05) is 19.3 Å². The van der Waals surface area contributed by atoms with Gasteiger partial charge in [0.2, 0.25) is 0 Å². The standard InChI is InChI=1S/C75H122O6/c1-4-7-10-13-16-19-22-25-28-31-33-35-37-39-41-44-47-50-53-56-59-62-65-68-74(77)80-71-72(70-79-73(76)67-64-61-58-55-52-49-46-43-30-27-24-21-18-15-12-9-6-3)81-75(78)69-66-63-60-57-54-51-48-45-42-40-38-36-34-32-29-26-23-20-17-14-11-8-5-2/h7,9-10,12,16,18-19,21,23,25-28,30,32-35,38-41,47,50,72H,4-6,8,11,13-15,17,20,22,24,29,31,36-37,42-46,48-49,51-71H2,1-3H3/b10-7-,12-9-,19-16-,21-18-,26-23-,28-25-,30-27-,34-32-,35-33-,40-38-,41-39-,50-47-. The third-order valence-electron chi connectivity index (χ3n) is 13.8. The Balaban J connectivity index is 4.48. The molecule has 0 rings (SSSR count). The summed E-state index contributed by atoms with van der Waals surface area (Å²) in [7, 11) is 0. The Bertz CT molecular complexity index is 1760. The predicted molar refractivity (Wildman–Crippen MR) is 352 cm³/mol. The van der Waals surface area contributed by atoms with Crippen molar-refractivity contribution in [3.63, 3.8) is 0 Å². The first-order valence-corrected chi connectivity index (χ1v) is 33.3. The molecule has 458 valence electrons. The lowest BCUT2D eigenvalue weighted by Gasteiger charge is -2.18. The maximum Gasteiger partial charge on any atom is 0.306 e. The van der Waals surface area contributed by atoms with Crippen LogP contribution in [0.15, 0.2) is 146 Å².